The second-order valence-electron chi connectivity index (χ2n) is 2.25. The summed E-state index contributed by atoms with van der Waals surface area (Å²) >= 11 is 0. The molecule has 1 heterocycles. The van der Waals surface area contributed by atoms with Crippen LogP contribution in [0.15, 0.2) is 0 Å². The van der Waals surface area contributed by atoms with Crippen LogP contribution < -0.4 is 0 Å². The monoisotopic (exact) mass is 168 g/mol. The summed E-state index contributed by atoms with van der Waals surface area (Å²) in [5.74, 6) is 1.93. The van der Waals surface area contributed by atoms with E-state index in [-0.39, 0.29) is 0 Å². The maximum Gasteiger partial charge on any atom is 0.172 e. The Hall–Kier alpha value is 0.300. The fourth-order valence-electron chi connectivity index (χ4n) is 1.04. The molecule has 0 aliphatic carbocycles. The van der Waals surface area contributed by atoms with E-state index >= 15 is 0 Å². The first-order chi connectivity index (χ1) is 4.30. The molecule has 0 saturated carbocycles. The van der Waals surface area contributed by atoms with E-state index in [1.54, 1.807) is 0 Å². The van der Waals surface area contributed by atoms with E-state index in [2.05, 4.69) is 0 Å². The van der Waals surface area contributed by atoms with Crippen molar-refractivity contribution in [3.05, 3.63) is 0 Å². The van der Waals surface area contributed by atoms with Crippen molar-refractivity contribution in [3.63, 3.8) is 0 Å². The first kappa shape index (κ1) is 7.41. The molecule has 0 atom stereocenters. The number of hydrogen-bond donors (Lipinski definition) is 2. The average Bonchev–Trinajstić information content (AvgIpc) is 1.90. The predicted molar refractivity (Wildman–Crippen MR) is 42.9 cm³/mol. The number of hydrogen-bond acceptors (Lipinski definition) is 2. The Labute approximate surface area is 59.3 Å². The van der Waals surface area contributed by atoms with Crippen LogP contribution in [0.2, 0.25) is 0 Å². The Kier molecular flexibility index (Phi) is 2.85. The molecule has 56 valence electrons. The van der Waals surface area contributed by atoms with Crippen LogP contribution >= 0.6 is 9.93 Å². The van der Waals surface area contributed by atoms with Gasteiger partial charge in [-0.1, -0.05) is 6.42 Å². The van der Waals surface area contributed by atoms with Gasteiger partial charge in [0.2, 0.25) is 0 Å². The zero-order valence-electron chi connectivity index (χ0n) is 5.25. The average molecular weight is 168 g/mol. The van der Waals surface area contributed by atoms with Crippen LogP contribution in [0.25, 0.3) is 0 Å². The van der Waals surface area contributed by atoms with Crippen LogP contribution in [-0.2, 0) is 9.74 Å². The van der Waals surface area contributed by atoms with Crippen LogP contribution in [0.4, 0.5) is 0 Å². The highest BCUT2D eigenvalue weighted by atomic mass is 33.1. The Bertz CT molecular complexity index is 139. The van der Waals surface area contributed by atoms with E-state index in [0.717, 1.165) is 24.3 Å². The summed E-state index contributed by atoms with van der Waals surface area (Å²) in [7, 11) is -2.63. The maximum atomic E-state index is 10.4. The number of rotatable bonds is 1. The van der Waals surface area contributed by atoms with Gasteiger partial charge in [0.05, 0.1) is 0 Å². The van der Waals surface area contributed by atoms with Crippen molar-refractivity contribution in [2.24, 2.45) is 0 Å². The zero-order chi connectivity index (χ0) is 6.69. The van der Waals surface area contributed by atoms with Crippen LogP contribution in [0.3, 0.4) is 0 Å². The molecule has 0 aromatic rings. The van der Waals surface area contributed by atoms with Crippen molar-refractivity contribution in [1.82, 2.24) is 0 Å². The summed E-state index contributed by atoms with van der Waals surface area (Å²) in [6, 6.07) is 0. The lowest BCUT2D eigenvalue weighted by Gasteiger charge is -2.18. The standard InChI is InChI=1S/C5H12O2S2/c6-9(7)8-4-2-1-3-5-8/h8-9H,1-5H2. The molecule has 0 N–H and O–H groups in total. The molecular formula is C5H12O2S2. The van der Waals surface area contributed by atoms with Gasteiger partial charge in [-0.05, 0) is 24.3 Å². The van der Waals surface area contributed by atoms with Crippen molar-refractivity contribution < 1.29 is 8.42 Å². The van der Waals surface area contributed by atoms with Gasteiger partial charge in [0.15, 0.2) is 9.74 Å². The summed E-state index contributed by atoms with van der Waals surface area (Å²) in [5, 5.41) is 0. The Morgan fingerprint density at radius 2 is 1.56 bits per heavy atom. The minimum atomic E-state index is -2.05. The van der Waals surface area contributed by atoms with Crippen molar-refractivity contribution in [3.8, 4) is 0 Å². The first-order valence-corrected chi connectivity index (χ1v) is 6.79. The molecule has 1 saturated heterocycles. The maximum absolute atomic E-state index is 10.4. The Balaban J connectivity index is 2.40. The van der Waals surface area contributed by atoms with E-state index in [9.17, 15) is 8.42 Å². The third-order valence-corrected chi connectivity index (χ3v) is 6.28. The summed E-state index contributed by atoms with van der Waals surface area (Å²) in [5.41, 5.74) is 0. The van der Waals surface area contributed by atoms with E-state index in [0.29, 0.717) is 0 Å². The molecule has 4 heteroatoms. The molecule has 0 spiro atoms. The van der Waals surface area contributed by atoms with Crippen molar-refractivity contribution in [1.29, 1.82) is 0 Å². The molecule has 0 aromatic heterocycles. The van der Waals surface area contributed by atoms with E-state index in [1.807, 2.05) is 0 Å². The fraction of sp³-hybridized carbons (Fsp3) is 1.00. The normalized spacial score (nSPS) is 24.8. The van der Waals surface area contributed by atoms with Crippen molar-refractivity contribution >= 4 is 19.7 Å². The zero-order valence-corrected chi connectivity index (χ0v) is 7.04. The van der Waals surface area contributed by atoms with Gasteiger partial charge in [-0.2, -0.15) is 9.93 Å². The van der Waals surface area contributed by atoms with Gasteiger partial charge in [-0.25, -0.2) is 8.42 Å². The Morgan fingerprint density at radius 1 is 1.00 bits per heavy atom. The molecule has 1 aliphatic heterocycles. The third-order valence-electron chi connectivity index (χ3n) is 1.56. The summed E-state index contributed by atoms with van der Waals surface area (Å²) < 4.78 is 20.8. The molecular weight excluding hydrogens is 156 g/mol. The summed E-state index contributed by atoms with van der Waals surface area (Å²) in [6.07, 6.45) is 3.51. The minimum Gasteiger partial charge on any atom is -0.222 e. The van der Waals surface area contributed by atoms with Gasteiger partial charge in [-0.15, -0.1) is 0 Å². The first-order valence-electron chi connectivity index (χ1n) is 3.20. The van der Waals surface area contributed by atoms with Crippen LogP contribution in [0.5, 0.6) is 0 Å². The second kappa shape index (κ2) is 3.46. The van der Waals surface area contributed by atoms with Gasteiger partial charge in [-0.3, -0.25) is 0 Å². The van der Waals surface area contributed by atoms with Crippen LogP contribution in [0.1, 0.15) is 19.3 Å². The number of thiol groups is 2. The minimum absolute atomic E-state index is 0.577. The lowest BCUT2D eigenvalue weighted by atomic mass is 10.3. The van der Waals surface area contributed by atoms with E-state index in [4.69, 9.17) is 0 Å². The smallest absolute Gasteiger partial charge is 0.172 e. The SMILES string of the molecule is O=[SH](=O)[SH]1CCCCC1. The molecule has 0 radical (unpaired) electrons. The van der Waals surface area contributed by atoms with Gasteiger partial charge in [0.1, 0.15) is 0 Å². The molecule has 2 nitrogen and oxygen atoms in total. The van der Waals surface area contributed by atoms with E-state index < -0.39 is 19.7 Å². The van der Waals surface area contributed by atoms with Crippen LogP contribution in [0, 0.1) is 0 Å². The molecule has 0 aromatic carbocycles. The highest BCUT2D eigenvalue weighted by Gasteiger charge is 2.10. The van der Waals surface area contributed by atoms with E-state index in [1.165, 1.54) is 6.42 Å². The van der Waals surface area contributed by atoms with Gasteiger partial charge >= 0.3 is 0 Å². The van der Waals surface area contributed by atoms with Gasteiger partial charge in [0, 0.05) is 0 Å². The highest BCUT2D eigenvalue weighted by Crippen LogP contribution is 2.32. The second-order valence-corrected chi connectivity index (χ2v) is 7.31. The topological polar surface area (TPSA) is 34.1 Å². The van der Waals surface area contributed by atoms with Crippen LogP contribution in [-0.4, -0.2) is 19.9 Å². The quantitative estimate of drug-likeness (QED) is 0.446. The molecule has 9 heavy (non-hydrogen) atoms. The predicted octanol–water partition coefficient (Wildman–Crippen LogP) is 0.698. The molecule has 0 unspecified atom stereocenters. The molecule has 1 aliphatic rings. The third kappa shape index (κ3) is 2.18. The molecule has 1 fully saturated rings. The highest BCUT2D eigenvalue weighted by molar-refractivity contribution is 8.74. The summed E-state index contributed by atoms with van der Waals surface area (Å²) in [6.45, 7) is 0. The molecule has 1 rings (SSSR count). The summed E-state index contributed by atoms with van der Waals surface area (Å²) in [4.78, 5) is 0. The van der Waals surface area contributed by atoms with Crippen molar-refractivity contribution in [2.75, 3.05) is 11.5 Å². The lowest BCUT2D eigenvalue weighted by Crippen LogP contribution is -2.02. The largest absolute Gasteiger partial charge is 0.222 e. The molecule has 0 amide bonds. The fourth-order valence-corrected chi connectivity index (χ4v) is 4.60. The lowest BCUT2D eigenvalue weighted by molar-refractivity contribution is 0.625. The Morgan fingerprint density at radius 3 is 1.89 bits per heavy atom. The molecule has 0 bridgehead atoms. The van der Waals surface area contributed by atoms with Gasteiger partial charge < -0.3 is 0 Å². The van der Waals surface area contributed by atoms with Gasteiger partial charge in [0.25, 0.3) is 0 Å². The van der Waals surface area contributed by atoms with Crippen molar-refractivity contribution in [2.45, 2.75) is 19.3 Å².